The molecule has 0 atom stereocenters. The number of carbonyl (C=O) groups excluding carboxylic acids is 1. The van der Waals surface area contributed by atoms with Gasteiger partial charge in [-0.15, -0.1) is 0 Å². The fourth-order valence-electron chi connectivity index (χ4n) is 2.56. The molecule has 26 heavy (non-hydrogen) atoms. The first-order chi connectivity index (χ1) is 12.6. The zero-order valence-corrected chi connectivity index (χ0v) is 14.2. The van der Waals surface area contributed by atoms with Crippen LogP contribution in [-0.4, -0.2) is 20.9 Å². The Morgan fingerprint density at radius 2 is 2.00 bits per heavy atom. The molecule has 2 aromatic carbocycles. The second kappa shape index (κ2) is 7.53. The van der Waals surface area contributed by atoms with Crippen LogP contribution in [0.3, 0.4) is 0 Å². The number of rotatable bonds is 5. The highest BCUT2D eigenvalue weighted by molar-refractivity contribution is 5.87. The van der Waals surface area contributed by atoms with Crippen molar-refractivity contribution >= 4 is 5.97 Å². The maximum Gasteiger partial charge on any atom is 0.356 e. The highest BCUT2D eigenvalue weighted by Crippen LogP contribution is 2.20. The topological polar surface area (TPSA) is 88.1 Å². The lowest BCUT2D eigenvalue weighted by molar-refractivity contribution is 0.0456. The largest absolute Gasteiger partial charge is 0.507 e. The molecule has 0 aliphatic heterocycles. The molecule has 1 N–H and O–H groups in total. The van der Waals surface area contributed by atoms with E-state index < -0.39 is 5.97 Å². The van der Waals surface area contributed by atoms with Gasteiger partial charge in [0.15, 0.2) is 0 Å². The Kier molecular flexibility index (Phi) is 4.99. The van der Waals surface area contributed by atoms with Crippen LogP contribution in [0.25, 0.3) is 0 Å². The molecule has 1 aromatic heterocycles. The third-order valence-electron chi connectivity index (χ3n) is 3.86. The van der Waals surface area contributed by atoms with Gasteiger partial charge in [0.1, 0.15) is 18.1 Å². The summed E-state index contributed by atoms with van der Waals surface area (Å²) in [6, 6.07) is 17.8. The molecule has 0 bridgehead atoms. The van der Waals surface area contributed by atoms with Crippen LogP contribution >= 0.6 is 0 Å². The maximum atomic E-state index is 12.5. The van der Waals surface area contributed by atoms with Gasteiger partial charge in [0.05, 0.1) is 23.9 Å². The lowest BCUT2D eigenvalue weighted by atomic mass is 10.1. The van der Waals surface area contributed by atoms with Crippen molar-refractivity contribution < 1.29 is 14.6 Å². The van der Waals surface area contributed by atoms with Crippen molar-refractivity contribution in [2.75, 3.05) is 0 Å². The molecule has 0 aliphatic rings. The standard InChI is InChI=1S/C20H17N3O3/c1-14-9-18(23(22-14)12-15-5-3-2-4-6-15)20(25)26-13-17-8-7-16(11-21)10-19(17)24/h2-10,24H,12-13H2,1H3. The van der Waals surface area contributed by atoms with Crippen LogP contribution in [0.2, 0.25) is 0 Å². The van der Waals surface area contributed by atoms with Gasteiger partial charge in [-0.2, -0.15) is 10.4 Å². The molecule has 6 heteroatoms. The molecule has 0 saturated heterocycles. The number of aromatic hydroxyl groups is 1. The minimum Gasteiger partial charge on any atom is -0.507 e. The van der Waals surface area contributed by atoms with Gasteiger partial charge in [-0.3, -0.25) is 4.68 Å². The first-order valence-corrected chi connectivity index (χ1v) is 8.04. The third kappa shape index (κ3) is 3.90. The molecule has 0 saturated carbocycles. The van der Waals surface area contributed by atoms with Crippen molar-refractivity contribution in [3.05, 3.63) is 82.7 Å². The quantitative estimate of drug-likeness (QED) is 0.716. The number of phenolic OH excluding ortho intramolecular Hbond substituents is 1. The third-order valence-corrected chi connectivity index (χ3v) is 3.86. The molecule has 0 aliphatic carbocycles. The van der Waals surface area contributed by atoms with Gasteiger partial charge in [0.25, 0.3) is 0 Å². The summed E-state index contributed by atoms with van der Waals surface area (Å²) in [5.74, 6) is -0.601. The van der Waals surface area contributed by atoms with E-state index in [-0.39, 0.29) is 12.4 Å². The van der Waals surface area contributed by atoms with Crippen molar-refractivity contribution in [1.29, 1.82) is 5.26 Å². The van der Waals surface area contributed by atoms with Gasteiger partial charge in [0, 0.05) is 5.56 Å². The second-order valence-electron chi connectivity index (χ2n) is 5.85. The summed E-state index contributed by atoms with van der Waals surface area (Å²) in [5.41, 5.74) is 2.86. The number of aromatic nitrogens is 2. The Bertz CT molecular complexity index is 972. The minimum atomic E-state index is -0.523. The van der Waals surface area contributed by atoms with Crippen LogP contribution in [0, 0.1) is 18.3 Å². The number of benzene rings is 2. The van der Waals surface area contributed by atoms with Crippen LogP contribution < -0.4 is 0 Å². The molecule has 6 nitrogen and oxygen atoms in total. The summed E-state index contributed by atoms with van der Waals surface area (Å²) in [7, 11) is 0. The average Bonchev–Trinajstić information content (AvgIpc) is 3.01. The molecular formula is C20H17N3O3. The van der Waals surface area contributed by atoms with Crippen LogP contribution in [-0.2, 0) is 17.9 Å². The summed E-state index contributed by atoms with van der Waals surface area (Å²) in [6.07, 6.45) is 0. The SMILES string of the molecule is Cc1cc(C(=O)OCc2ccc(C#N)cc2O)n(Cc2ccccc2)n1. The second-order valence-corrected chi connectivity index (χ2v) is 5.85. The smallest absolute Gasteiger partial charge is 0.356 e. The van der Waals surface area contributed by atoms with Crippen LogP contribution in [0.1, 0.15) is 32.9 Å². The number of aryl methyl sites for hydroxylation is 1. The van der Waals surface area contributed by atoms with E-state index >= 15 is 0 Å². The van der Waals surface area contributed by atoms with Gasteiger partial charge >= 0.3 is 5.97 Å². The van der Waals surface area contributed by atoms with Crippen molar-refractivity contribution in [3.63, 3.8) is 0 Å². The Balaban J connectivity index is 1.73. The number of hydrogen-bond donors (Lipinski definition) is 1. The van der Waals surface area contributed by atoms with E-state index in [4.69, 9.17) is 10.00 Å². The molecule has 0 fully saturated rings. The first-order valence-electron chi connectivity index (χ1n) is 8.04. The Morgan fingerprint density at radius 1 is 1.23 bits per heavy atom. The highest BCUT2D eigenvalue weighted by Gasteiger charge is 2.16. The predicted molar refractivity (Wildman–Crippen MR) is 94.4 cm³/mol. The molecule has 0 unspecified atom stereocenters. The molecule has 130 valence electrons. The molecule has 3 aromatic rings. The molecule has 0 spiro atoms. The van der Waals surface area contributed by atoms with Gasteiger partial charge in [-0.25, -0.2) is 4.79 Å². The minimum absolute atomic E-state index is 0.0779. The van der Waals surface area contributed by atoms with Gasteiger partial charge in [-0.1, -0.05) is 36.4 Å². The highest BCUT2D eigenvalue weighted by atomic mass is 16.5. The molecule has 3 rings (SSSR count). The maximum absolute atomic E-state index is 12.5. The molecule has 0 radical (unpaired) electrons. The van der Waals surface area contributed by atoms with Gasteiger partial charge < -0.3 is 9.84 Å². The Hall–Kier alpha value is -3.59. The van der Waals surface area contributed by atoms with Crippen molar-refractivity contribution in [2.24, 2.45) is 0 Å². The number of phenols is 1. The lowest BCUT2D eigenvalue weighted by Crippen LogP contribution is -2.14. The summed E-state index contributed by atoms with van der Waals surface area (Å²) < 4.78 is 6.92. The number of nitrogens with zero attached hydrogens (tertiary/aromatic N) is 3. The van der Waals surface area contributed by atoms with E-state index in [1.807, 2.05) is 43.3 Å². The van der Waals surface area contributed by atoms with E-state index in [1.54, 1.807) is 22.9 Å². The summed E-state index contributed by atoms with van der Waals surface area (Å²) in [5, 5.41) is 23.1. The zero-order chi connectivity index (χ0) is 18.5. The van der Waals surface area contributed by atoms with Crippen LogP contribution in [0.15, 0.2) is 54.6 Å². The molecule has 1 heterocycles. The first kappa shape index (κ1) is 17.2. The van der Waals surface area contributed by atoms with E-state index in [0.29, 0.717) is 29.1 Å². The van der Waals surface area contributed by atoms with E-state index in [1.165, 1.54) is 6.07 Å². The lowest BCUT2D eigenvalue weighted by Gasteiger charge is -2.09. The molecule has 0 amide bonds. The summed E-state index contributed by atoms with van der Waals surface area (Å²) in [6.45, 7) is 2.18. The number of nitriles is 1. The normalized spacial score (nSPS) is 10.3. The number of hydrogen-bond acceptors (Lipinski definition) is 5. The summed E-state index contributed by atoms with van der Waals surface area (Å²) >= 11 is 0. The number of esters is 1. The Morgan fingerprint density at radius 3 is 2.69 bits per heavy atom. The van der Waals surface area contributed by atoms with Gasteiger partial charge in [0.2, 0.25) is 0 Å². The Labute approximate surface area is 150 Å². The van der Waals surface area contributed by atoms with Crippen molar-refractivity contribution in [3.8, 4) is 11.8 Å². The predicted octanol–water partition coefficient (Wildman–Crippen LogP) is 3.17. The van der Waals surface area contributed by atoms with Crippen molar-refractivity contribution in [1.82, 2.24) is 9.78 Å². The van der Waals surface area contributed by atoms with E-state index in [0.717, 1.165) is 5.56 Å². The van der Waals surface area contributed by atoms with E-state index in [9.17, 15) is 9.90 Å². The number of ether oxygens (including phenoxy) is 1. The monoisotopic (exact) mass is 347 g/mol. The molecular weight excluding hydrogens is 330 g/mol. The van der Waals surface area contributed by atoms with Crippen molar-refractivity contribution in [2.45, 2.75) is 20.1 Å². The van der Waals surface area contributed by atoms with Crippen LogP contribution in [0.5, 0.6) is 5.75 Å². The summed E-state index contributed by atoms with van der Waals surface area (Å²) in [4.78, 5) is 12.5. The average molecular weight is 347 g/mol. The number of carbonyl (C=O) groups is 1. The fraction of sp³-hybridized carbons (Fsp3) is 0.150. The fourth-order valence-corrected chi connectivity index (χ4v) is 2.56. The van der Waals surface area contributed by atoms with E-state index in [2.05, 4.69) is 5.10 Å². The zero-order valence-electron chi connectivity index (χ0n) is 14.2. The van der Waals surface area contributed by atoms with Crippen LogP contribution in [0.4, 0.5) is 0 Å². The van der Waals surface area contributed by atoms with Gasteiger partial charge in [-0.05, 0) is 30.7 Å².